The minimum atomic E-state index is -0.842. The lowest BCUT2D eigenvalue weighted by Crippen LogP contribution is -2.32. The van der Waals surface area contributed by atoms with Crippen LogP contribution in [0.25, 0.3) is 0 Å². The largest absolute Gasteiger partial charge is 0.481 e. The van der Waals surface area contributed by atoms with E-state index in [0.29, 0.717) is 17.8 Å². The van der Waals surface area contributed by atoms with Crippen LogP contribution in [-0.4, -0.2) is 35.6 Å². The van der Waals surface area contributed by atoms with Crippen LogP contribution in [0.1, 0.15) is 23.1 Å². The first-order valence-corrected chi connectivity index (χ1v) is 8.30. The predicted octanol–water partition coefficient (Wildman–Crippen LogP) is 3.28. The highest BCUT2D eigenvalue weighted by Crippen LogP contribution is 2.11. The standard InChI is InChI=1S/C20H21N3O3/c1-23(20(26)22-18-6-2-4-17(12-18)14-21)11-3-5-15-7-9-16(10-8-15)13-19(24)25/h2,4,6-10,12H,3,5,11,13H2,1H3,(H,22,26)(H,24,25). The van der Waals surface area contributed by atoms with Gasteiger partial charge in [0.15, 0.2) is 0 Å². The van der Waals surface area contributed by atoms with Crippen molar-refractivity contribution in [2.75, 3.05) is 18.9 Å². The van der Waals surface area contributed by atoms with Crippen LogP contribution in [0.15, 0.2) is 48.5 Å². The first-order valence-electron chi connectivity index (χ1n) is 8.30. The summed E-state index contributed by atoms with van der Waals surface area (Å²) in [5, 5.41) is 20.4. The van der Waals surface area contributed by atoms with E-state index in [9.17, 15) is 9.59 Å². The van der Waals surface area contributed by atoms with Crippen molar-refractivity contribution < 1.29 is 14.7 Å². The van der Waals surface area contributed by atoms with Crippen molar-refractivity contribution in [1.29, 1.82) is 5.26 Å². The zero-order chi connectivity index (χ0) is 18.9. The summed E-state index contributed by atoms with van der Waals surface area (Å²) in [4.78, 5) is 24.4. The van der Waals surface area contributed by atoms with Gasteiger partial charge in [-0.15, -0.1) is 0 Å². The Balaban J connectivity index is 1.78. The van der Waals surface area contributed by atoms with Gasteiger partial charge in [-0.3, -0.25) is 4.79 Å². The summed E-state index contributed by atoms with van der Waals surface area (Å²) in [6, 6.07) is 16.1. The molecule has 0 radical (unpaired) electrons. The Morgan fingerprint density at radius 1 is 1.15 bits per heavy atom. The summed E-state index contributed by atoms with van der Waals surface area (Å²) in [6.07, 6.45) is 1.62. The Hall–Kier alpha value is -3.33. The van der Waals surface area contributed by atoms with Crippen LogP contribution >= 0.6 is 0 Å². The molecule has 6 nitrogen and oxygen atoms in total. The van der Waals surface area contributed by atoms with E-state index in [2.05, 4.69) is 5.32 Å². The molecular formula is C20H21N3O3. The zero-order valence-corrected chi connectivity index (χ0v) is 14.6. The van der Waals surface area contributed by atoms with E-state index in [1.807, 2.05) is 30.3 Å². The number of aliphatic carboxylic acids is 1. The van der Waals surface area contributed by atoms with E-state index >= 15 is 0 Å². The smallest absolute Gasteiger partial charge is 0.321 e. The lowest BCUT2D eigenvalue weighted by molar-refractivity contribution is -0.136. The van der Waals surface area contributed by atoms with Gasteiger partial charge < -0.3 is 15.3 Å². The number of carboxylic acids is 1. The van der Waals surface area contributed by atoms with E-state index in [1.54, 1.807) is 36.2 Å². The molecule has 134 valence electrons. The van der Waals surface area contributed by atoms with Gasteiger partial charge in [0.05, 0.1) is 18.1 Å². The summed E-state index contributed by atoms with van der Waals surface area (Å²) in [5.41, 5.74) is 2.97. The number of nitrogens with one attached hydrogen (secondary N) is 1. The summed E-state index contributed by atoms with van der Waals surface area (Å²) in [5.74, 6) is -0.842. The number of nitriles is 1. The molecule has 0 atom stereocenters. The van der Waals surface area contributed by atoms with Crippen LogP contribution in [-0.2, 0) is 17.6 Å². The van der Waals surface area contributed by atoms with Crippen LogP contribution in [0.4, 0.5) is 10.5 Å². The third-order valence-electron chi connectivity index (χ3n) is 3.93. The van der Waals surface area contributed by atoms with Crippen molar-refractivity contribution in [3.63, 3.8) is 0 Å². The maximum absolute atomic E-state index is 12.2. The van der Waals surface area contributed by atoms with E-state index in [1.165, 1.54) is 0 Å². The average Bonchev–Trinajstić information content (AvgIpc) is 2.62. The highest BCUT2D eigenvalue weighted by molar-refractivity contribution is 5.89. The Labute approximate surface area is 152 Å². The molecule has 0 aromatic heterocycles. The van der Waals surface area contributed by atoms with Gasteiger partial charge in [-0.1, -0.05) is 30.3 Å². The summed E-state index contributed by atoms with van der Waals surface area (Å²) in [6.45, 7) is 0.584. The maximum Gasteiger partial charge on any atom is 0.321 e. The molecule has 6 heteroatoms. The van der Waals surface area contributed by atoms with Gasteiger partial charge in [0, 0.05) is 19.3 Å². The van der Waals surface area contributed by atoms with E-state index in [0.717, 1.165) is 24.0 Å². The lowest BCUT2D eigenvalue weighted by atomic mass is 10.1. The minimum absolute atomic E-state index is 0.0240. The normalized spacial score (nSPS) is 10.0. The number of urea groups is 1. The third kappa shape index (κ3) is 5.95. The molecule has 2 rings (SSSR count). The number of nitrogens with zero attached hydrogens (tertiary/aromatic N) is 2. The number of rotatable bonds is 7. The summed E-state index contributed by atoms with van der Waals surface area (Å²) < 4.78 is 0. The highest BCUT2D eigenvalue weighted by atomic mass is 16.4. The molecule has 0 aliphatic heterocycles. The predicted molar refractivity (Wildman–Crippen MR) is 98.9 cm³/mol. The summed E-state index contributed by atoms with van der Waals surface area (Å²) >= 11 is 0. The fraction of sp³-hybridized carbons (Fsp3) is 0.250. The van der Waals surface area contributed by atoms with Gasteiger partial charge in [-0.25, -0.2) is 4.79 Å². The fourth-order valence-electron chi connectivity index (χ4n) is 2.51. The monoisotopic (exact) mass is 351 g/mol. The van der Waals surface area contributed by atoms with Crippen LogP contribution < -0.4 is 5.32 Å². The second kappa shape index (κ2) is 9.23. The first-order chi connectivity index (χ1) is 12.5. The Bertz CT molecular complexity index is 810. The fourth-order valence-corrected chi connectivity index (χ4v) is 2.51. The lowest BCUT2D eigenvalue weighted by Gasteiger charge is -2.18. The van der Waals surface area contributed by atoms with Crippen molar-refractivity contribution in [2.45, 2.75) is 19.3 Å². The van der Waals surface area contributed by atoms with Gasteiger partial charge in [-0.2, -0.15) is 5.26 Å². The van der Waals surface area contributed by atoms with Gasteiger partial charge in [0.1, 0.15) is 0 Å². The molecule has 0 bridgehead atoms. The number of carbonyl (C=O) groups is 2. The van der Waals surface area contributed by atoms with Gasteiger partial charge in [0.25, 0.3) is 0 Å². The Morgan fingerprint density at radius 2 is 1.85 bits per heavy atom. The van der Waals surface area contributed by atoms with Crippen LogP contribution in [0.5, 0.6) is 0 Å². The van der Waals surface area contributed by atoms with E-state index in [4.69, 9.17) is 10.4 Å². The van der Waals surface area contributed by atoms with E-state index < -0.39 is 5.97 Å². The number of aryl methyl sites for hydroxylation is 1. The number of benzene rings is 2. The average molecular weight is 351 g/mol. The van der Waals surface area contributed by atoms with Crippen molar-refractivity contribution in [3.8, 4) is 6.07 Å². The molecular weight excluding hydrogens is 330 g/mol. The summed E-state index contributed by atoms with van der Waals surface area (Å²) in [7, 11) is 1.72. The van der Waals surface area contributed by atoms with Gasteiger partial charge in [0.2, 0.25) is 0 Å². The number of hydrogen-bond acceptors (Lipinski definition) is 3. The van der Waals surface area contributed by atoms with Gasteiger partial charge in [-0.05, 0) is 42.2 Å². The maximum atomic E-state index is 12.2. The van der Waals surface area contributed by atoms with Crippen LogP contribution in [0, 0.1) is 11.3 Å². The van der Waals surface area contributed by atoms with Crippen LogP contribution in [0.2, 0.25) is 0 Å². The van der Waals surface area contributed by atoms with Crippen LogP contribution in [0.3, 0.4) is 0 Å². The van der Waals surface area contributed by atoms with Crippen molar-refractivity contribution in [1.82, 2.24) is 4.90 Å². The molecule has 0 unspecified atom stereocenters. The number of hydrogen-bond donors (Lipinski definition) is 2. The minimum Gasteiger partial charge on any atom is -0.481 e. The molecule has 0 saturated heterocycles. The SMILES string of the molecule is CN(CCCc1ccc(CC(=O)O)cc1)C(=O)Nc1cccc(C#N)c1. The molecule has 0 heterocycles. The molecule has 0 saturated carbocycles. The molecule has 2 amide bonds. The van der Waals surface area contributed by atoms with Crippen molar-refractivity contribution in [3.05, 3.63) is 65.2 Å². The van der Waals surface area contributed by atoms with Crippen molar-refractivity contribution in [2.24, 2.45) is 0 Å². The second-order valence-electron chi connectivity index (χ2n) is 6.03. The molecule has 0 aliphatic rings. The number of carboxylic acid groups (broad SMARTS) is 1. The Kier molecular flexibility index (Phi) is 6.75. The highest BCUT2D eigenvalue weighted by Gasteiger charge is 2.09. The van der Waals surface area contributed by atoms with Gasteiger partial charge >= 0.3 is 12.0 Å². The second-order valence-corrected chi connectivity index (χ2v) is 6.03. The number of amides is 2. The molecule has 26 heavy (non-hydrogen) atoms. The van der Waals surface area contributed by atoms with Crippen molar-refractivity contribution >= 4 is 17.7 Å². The third-order valence-corrected chi connectivity index (χ3v) is 3.93. The molecule has 0 aliphatic carbocycles. The Morgan fingerprint density at radius 3 is 2.50 bits per heavy atom. The molecule has 2 aromatic rings. The first kappa shape index (κ1) is 19.0. The molecule has 2 aromatic carbocycles. The van der Waals surface area contributed by atoms with E-state index in [-0.39, 0.29) is 12.5 Å². The topological polar surface area (TPSA) is 93.4 Å². The number of anilines is 1. The quantitative estimate of drug-likeness (QED) is 0.800. The molecule has 0 fully saturated rings. The number of carbonyl (C=O) groups excluding carboxylic acids is 1. The molecule has 2 N–H and O–H groups in total. The molecule has 0 spiro atoms. The zero-order valence-electron chi connectivity index (χ0n) is 14.6.